The second kappa shape index (κ2) is 5.29. The van der Waals surface area contributed by atoms with Gasteiger partial charge in [-0.15, -0.1) is 0 Å². The molecule has 1 aliphatic rings. The maximum absolute atomic E-state index is 12.2. The van der Waals surface area contributed by atoms with E-state index in [4.69, 9.17) is 10.8 Å². The molecule has 1 aromatic rings. The van der Waals surface area contributed by atoms with Gasteiger partial charge in [0.1, 0.15) is 0 Å². The van der Waals surface area contributed by atoms with Crippen molar-refractivity contribution in [2.24, 2.45) is 5.73 Å². The minimum atomic E-state index is 0.00474. The average Bonchev–Trinajstić information content (AvgIpc) is 3.19. The summed E-state index contributed by atoms with van der Waals surface area (Å²) in [4.78, 5) is 14.0. The zero-order chi connectivity index (χ0) is 12.3. The molecule has 2 rings (SSSR count). The molecule has 1 aromatic carbocycles. The number of aliphatic hydroxyl groups is 1. The van der Waals surface area contributed by atoms with Crippen LogP contribution in [0, 0.1) is 0 Å². The van der Waals surface area contributed by atoms with Crippen LogP contribution in [0.2, 0.25) is 0 Å². The first-order valence-corrected chi connectivity index (χ1v) is 5.97. The first-order valence-electron chi connectivity index (χ1n) is 5.97. The van der Waals surface area contributed by atoms with Gasteiger partial charge in [0.15, 0.2) is 0 Å². The summed E-state index contributed by atoms with van der Waals surface area (Å²) in [5, 5.41) is 8.98. The lowest BCUT2D eigenvalue weighted by atomic mass is 10.1. The molecule has 0 heterocycles. The number of carbonyl (C=O) groups is 1. The van der Waals surface area contributed by atoms with Crippen LogP contribution in [-0.4, -0.2) is 35.1 Å². The van der Waals surface area contributed by atoms with Gasteiger partial charge in [-0.25, -0.2) is 0 Å². The summed E-state index contributed by atoms with van der Waals surface area (Å²) >= 11 is 0. The minimum absolute atomic E-state index is 0.00474. The van der Waals surface area contributed by atoms with Crippen LogP contribution in [0.25, 0.3) is 0 Å². The highest BCUT2D eigenvalue weighted by atomic mass is 16.3. The molecule has 4 nitrogen and oxygen atoms in total. The third-order valence-electron chi connectivity index (χ3n) is 3.03. The van der Waals surface area contributed by atoms with Gasteiger partial charge < -0.3 is 15.7 Å². The van der Waals surface area contributed by atoms with E-state index in [1.807, 2.05) is 12.1 Å². The van der Waals surface area contributed by atoms with Crippen molar-refractivity contribution in [1.82, 2.24) is 4.90 Å². The Kier molecular flexibility index (Phi) is 3.76. The highest BCUT2D eigenvalue weighted by Gasteiger charge is 2.32. The van der Waals surface area contributed by atoms with E-state index in [0.717, 1.165) is 18.4 Å². The van der Waals surface area contributed by atoms with Crippen LogP contribution < -0.4 is 5.73 Å². The Hall–Kier alpha value is -1.39. The Morgan fingerprint density at radius 1 is 1.35 bits per heavy atom. The molecule has 0 bridgehead atoms. The fourth-order valence-electron chi connectivity index (χ4n) is 1.89. The Morgan fingerprint density at radius 3 is 2.47 bits per heavy atom. The summed E-state index contributed by atoms with van der Waals surface area (Å²) in [6.07, 6.45) is 2.10. The molecule has 4 heteroatoms. The number of nitrogens with zero attached hydrogens (tertiary/aromatic N) is 1. The summed E-state index contributed by atoms with van der Waals surface area (Å²) in [7, 11) is 0. The maximum atomic E-state index is 12.2. The van der Waals surface area contributed by atoms with Crippen molar-refractivity contribution in [3.63, 3.8) is 0 Å². The van der Waals surface area contributed by atoms with Crippen LogP contribution in [0.15, 0.2) is 24.3 Å². The molecule has 0 spiro atoms. The molecule has 1 aliphatic carbocycles. The van der Waals surface area contributed by atoms with E-state index in [9.17, 15) is 4.79 Å². The first kappa shape index (κ1) is 12.1. The lowest BCUT2D eigenvalue weighted by Gasteiger charge is -2.21. The van der Waals surface area contributed by atoms with Gasteiger partial charge in [-0.2, -0.15) is 0 Å². The van der Waals surface area contributed by atoms with Crippen LogP contribution in [0.4, 0.5) is 0 Å². The van der Waals surface area contributed by atoms with Gasteiger partial charge in [-0.3, -0.25) is 4.79 Å². The van der Waals surface area contributed by atoms with Crippen LogP contribution in [0.5, 0.6) is 0 Å². The molecule has 0 aliphatic heterocycles. The van der Waals surface area contributed by atoms with E-state index in [-0.39, 0.29) is 12.5 Å². The molecular weight excluding hydrogens is 216 g/mol. The molecule has 0 aromatic heterocycles. The number of amides is 1. The number of hydrogen-bond acceptors (Lipinski definition) is 3. The number of nitrogens with two attached hydrogens (primary N) is 1. The minimum Gasteiger partial charge on any atom is -0.395 e. The van der Waals surface area contributed by atoms with Crippen molar-refractivity contribution in [3.8, 4) is 0 Å². The number of rotatable bonds is 5. The van der Waals surface area contributed by atoms with E-state index >= 15 is 0 Å². The highest BCUT2D eigenvalue weighted by Crippen LogP contribution is 2.27. The molecule has 92 valence electrons. The van der Waals surface area contributed by atoms with Gasteiger partial charge in [0.05, 0.1) is 6.61 Å². The fourth-order valence-corrected chi connectivity index (χ4v) is 1.89. The maximum Gasteiger partial charge on any atom is 0.254 e. The molecule has 1 amide bonds. The monoisotopic (exact) mass is 234 g/mol. The topological polar surface area (TPSA) is 66.6 Å². The molecule has 0 atom stereocenters. The summed E-state index contributed by atoms with van der Waals surface area (Å²) in [5.74, 6) is 0.00474. The molecule has 0 unspecified atom stereocenters. The zero-order valence-corrected chi connectivity index (χ0v) is 9.80. The third-order valence-corrected chi connectivity index (χ3v) is 3.03. The van der Waals surface area contributed by atoms with Crippen molar-refractivity contribution in [3.05, 3.63) is 35.4 Å². The predicted octanol–water partition coefficient (Wildman–Crippen LogP) is 0.742. The van der Waals surface area contributed by atoms with E-state index < -0.39 is 0 Å². The van der Waals surface area contributed by atoms with E-state index in [1.165, 1.54) is 0 Å². The Labute approximate surface area is 101 Å². The van der Waals surface area contributed by atoms with Gasteiger partial charge in [0.25, 0.3) is 5.91 Å². The van der Waals surface area contributed by atoms with Crippen molar-refractivity contribution in [1.29, 1.82) is 0 Å². The van der Waals surface area contributed by atoms with E-state index in [2.05, 4.69) is 0 Å². The highest BCUT2D eigenvalue weighted by molar-refractivity contribution is 5.94. The molecule has 0 radical (unpaired) electrons. The fraction of sp³-hybridized carbons (Fsp3) is 0.462. The molecule has 1 saturated carbocycles. The third kappa shape index (κ3) is 2.84. The van der Waals surface area contributed by atoms with Gasteiger partial charge >= 0.3 is 0 Å². The van der Waals surface area contributed by atoms with Gasteiger partial charge in [0.2, 0.25) is 0 Å². The van der Waals surface area contributed by atoms with Crippen LogP contribution in [-0.2, 0) is 6.54 Å². The molecular formula is C13H18N2O2. The van der Waals surface area contributed by atoms with Crippen molar-refractivity contribution >= 4 is 5.91 Å². The number of hydrogen-bond donors (Lipinski definition) is 2. The number of benzene rings is 1. The van der Waals surface area contributed by atoms with Crippen molar-refractivity contribution < 1.29 is 9.90 Å². The van der Waals surface area contributed by atoms with Gasteiger partial charge in [-0.05, 0) is 30.5 Å². The van der Waals surface area contributed by atoms with Crippen molar-refractivity contribution in [2.45, 2.75) is 25.4 Å². The average molecular weight is 234 g/mol. The van der Waals surface area contributed by atoms with Crippen LogP contribution in [0.3, 0.4) is 0 Å². The molecule has 1 fully saturated rings. The van der Waals surface area contributed by atoms with Gasteiger partial charge in [0, 0.05) is 24.7 Å². The Morgan fingerprint density at radius 2 is 2.00 bits per heavy atom. The lowest BCUT2D eigenvalue weighted by molar-refractivity contribution is 0.0707. The molecule has 3 N–H and O–H groups in total. The predicted molar refractivity (Wildman–Crippen MR) is 65.5 cm³/mol. The molecule has 17 heavy (non-hydrogen) atoms. The summed E-state index contributed by atoms with van der Waals surface area (Å²) in [5.41, 5.74) is 7.20. The summed E-state index contributed by atoms with van der Waals surface area (Å²) in [6.45, 7) is 0.919. The number of aliphatic hydroxyl groups excluding tert-OH is 1. The summed E-state index contributed by atoms with van der Waals surface area (Å²) in [6, 6.07) is 7.67. The first-order chi connectivity index (χ1) is 8.26. The largest absolute Gasteiger partial charge is 0.395 e. The van der Waals surface area contributed by atoms with Gasteiger partial charge in [-0.1, -0.05) is 12.1 Å². The van der Waals surface area contributed by atoms with Crippen LogP contribution in [0.1, 0.15) is 28.8 Å². The second-order valence-corrected chi connectivity index (χ2v) is 4.35. The normalized spacial score (nSPS) is 14.7. The lowest BCUT2D eigenvalue weighted by Crippen LogP contribution is -2.35. The smallest absolute Gasteiger partial charge is 0.254 e. The van der Waals surface area contributed by atoms with E-state index in [1.54, 1.807) is 17.0 Å². The van der Waals surface area contributed by atoms with Crippen molar-refractivity contribution in [2.75, 3.05) is 13.2 Å². The second-order valence-electron chi connectivity index (χ2n) is 4.35. The van der Waals surface area contributed by atoms with E-state index in [0.29, 0.717) is 24.7 Å². The standard InChI is InChI=1S/C13H18N2O2/c14-9-10-1-3-11(4-2-10)13(17)15(7-8-16)12-5-6-12/h1-4,12,16H,5-9,14H2. The number of carbonyl (C=O) groups excluding carboxylic acids is 1. The Bertz CT molecular complexity index is 385. The SMILES string of the molecule is NCc1ccc(C(=O)N(CCO)C2CC2)cc1. The van der Waals surface area contributed by atoms with Crippen LogP contribution >= 0.6 is 0 Å². The molecule has 0 saturated heterocycles. The Balaban J connectivity index is 2.10. The quantitative estimate of drug-likeness (QED) is 0.789. The summed E-state index contributed by atoms with van der Waals surface area (Å²) < 4.78 is 0. The zero-order valence-electron chi connectivity index (χ0n) is 9.80.